The van der Waals surface area contributed by atoms with E-state index in [4.69, 9.17) is 24.5 Å². The molecule has 0 saturated carbocycles. The van der Waals surface area contributed by atoms with Crippen LogP contribution < -0.4 is 4.74 Å². The van der Waals surface area contributed by atoms with E-state index in [1.807, 2.05) is 36.4 Å². The first kappa shape index (κ1) is 33.3. The molecule has 1 aromatic carbocycles. The maximum Gasteiger partial charge on any atom is 0.490 e. The summed E-state index contributed by atoms with van der Waals surface area (Å²) < 4.78 is 95.1. The van der Waals surface area contributed by atoms with Gasteiger partial charge in [0.2, 0.25) is 5.88 Å². The van der Waals surface area contributed by atoms with Crippen LogP contribution in [0.15, 0.2) is 66.0 Å². The third kappa shape index (κ3) is 7.98. The van der Waals surface area contributed by atoms with Crippen LogP contribution in [0.2, 0.25) is 0 Å². The van der Waals surface area contributed by atoms with Crippen LogP contribution in [0, 0.1) is 0 Å². The lowest BCUT2D eigenvalue weighted by atomic mass is 9.95. The predicted octanol–water partition coefficient (Wildman–Crippen LogP) is 4.17. The fourth-order valence-corrected chi connectivity index (χ4v) is 6.74. The van der Waals surface area contributed by atoms with Gasteiger partial charge in [0.1, 0.15) is 0 Å². The average Bonchev–Trinajstić information content (AvgIpc) is 3.45. The molecule has 0 bridgehead atoms. The van der Waals surface area contributed by atoms with E-state index in [1.54, 1.807) is 31.8 Å². The summed E-state index contributed by atoms with van der Waals surface area (Å²) in [5.41, 5.74) is 3.97. The minimum atomic E-state index is -5.08. The monoisotopic (exact) mass is 635 g/mol. The number of fused-ring (bicyclic) bond motifs is 3. The SMILES string of the molecule is COc1ncccc1CN1CC2c3cc(-c4ccncc4)ccc3S(=O)(=O)C2C1.O=C(O)C(F)(F)F.O=C(O)C(F)(F)F. The number of sulfone groups is 1. The quantitative estimate of drug-likeness (QED) is 0.401. The number of aromatic nitrogens is 2. The molecule has 0 amide bonds. The van der Waals surface area contributed by atoms with Crippen LogP contribution in [0.4, 0.5) is 26.3 Å². The van der Waals surface area contributed by atoms with Gasteiger partial charge in [0, 0.05) is 49.7 Å². The molecule has 0 spiro atoms. The summed E-state index contributed by atoms with van der Waals surface area (Å²) in [6, 6.07) is 13.4. The molecule has 232 valence electrons. The highest BCUT2D eigenvalue weighted by Gasteiger charge is 2.50. The number of benzene rings is 1. The lowest BCUT2D eigenvalue weighted by molar-refractivity contribution is -0.193. The van der Waals surface area contributed by atoms with Crippen molar-refractivity contribution in [3.05, 3.63) is 72.2 Å². The number of ether oxygens (including phenoxy) is 1. The number of pyridine rings is 2. The van der Waals surface area contributed by atoms with Crippen molar-refractivity contribution in [1.82, 2.24) is 14.9 Å². The number of nitrogens with zero attached hydrogens (tertiary/aromatic N) is 3. The van der Waals surface area contributed by atoms with Crippen LogP contribution in [-0.4, -0.2) is 83.2 Å². The molecule has 4 heterocycles. The number of rotatable bonds is 4. The summed E-state index contributed by atoms with van der Waals surface area (Å²) in [5, 5.41) is 13.9. The van der Waals surface area contributed by atoms with Gasteiger partial charge in [0.25, 0.3) is 0 Å². The first-order valence-electron chi connectivity index (χ1n) is 12.1. The lowest BCUT2D eigenvalue weighted by Crippen LogP contribution is -2.26. The Morgan fingerprint density at radius 1 is 0.930 bits per heavy atom. The number of hydrogen-bond acceptors (Lipinski definition) is 8. The maximum atomic E-state index is 13.2. The number of hydrogen-bond donors (Lipinski definition) is 2. The Bertz CT molecular complexity index is 1540. The van der Waals surface area contributed by atoms with E-state index in [2.05, 4.69) is 14.9 Å². The maximum absolute atomic E-state index is 13.2. The summed E-state index contributed by atoms with van der Waals surface area (Å²) >= 11 is 0. The fourth-order valence-electron chi connectivity index (χ4n) is 4.55. The molecule has 3 aromatic rings. The van der Waals surface area contributed by atoms with Crippen molar-refractivity contribution in [3.63, 3.8) is 0 Å². The molecule has 2 aliphatic rings. The second kappa shape index (κ2) is 12.9. The molecule has 5 rings (SSSR count). The minimum absolute atomic E-state index is 0.0144. The van der Waals surface area contributed by atoms with E-state index in [9.17, 15) is 34.8 Å². The van der Waals surface area contributed by atoms with E-state index in [-0.39, 0.29) is 5.92 Å². The van der Waals surface area contributed by atoms with Crippen molar-refractivity contribution in [2.75, 3.05) is 20.2 Å². The number of likely N-dealkylation sites (tertiary alicyclic amines) is 1. The molecular weight excluding hydrogens is 612 g/mol. The summed E-state index contributed by atoms with van der Waals surface area (Å²) in [6.07, 6.45) is -4.97. The smallest absolute Gasteiger partial charge is 0.481 e. The topological polar surface area (TPSA) is 147 Å². The standard InChI is InChI=1S/C22H21N3O3S.2C2HF3O2/c1-28-22-17(3-2-8-24-22)12-25-13-19-18-11-16(15-6-9-23-10-7-15)4-5-20(18)29(26,27)21(19)14-25;2*3-2(4,5)1(6)7/h2-11,19,21H,12-14H2,1H3;2*(H,6,7). The van der Waals surface area contributed by atoms with Crippen LogP contribution in [0.25, 0.3) is 11.1 Å². The number of alkyl halides is 6. The molecular formula is C26H23F6N3O7S. The Labute approximate surface area is 240 Å². The van der Waals surface area contributed by atoms with Crippen LogP contribution >= 0.6 is 0 Å². The van der Waals surface area contributed by atoms with Gasteiger partial charge < -0.3 is 14.9 Å². The van der Waals surface area contributed by atoms with Gasteiger partial charge in [-0.1, -0.05) is 12.1 Å². The first-order chi connectivity index (χ1) is 20.0. The van der Waals surface area contributed by atoms with Crippen molar-refractivity contribution in [3.8, 4) is 17.0 Å². The fraction of sp³-hybridized carbons (Fsp3) is 0.308. The molecule has 2 N–H and O–H groups in total. The molecule has 0 radical (unpaired) electrons. The van der Waals surface area contributed by atoms with E-state index in [0.29, 0.717) is 30.4 Å². The summed E-state index contributed by atoms with van der Waals surface area (Å²) in [5.74, 6) is -4.94. The van der Waals surface area contributed by atoms with Gasteiger partial charge in [0.05, 0.1) is 17.3 Å². The highest BCUT2D eigenvalue weighted by molar-refractivity contribution is 7.92. The van der Waals surface area contributed by atoms with Crippen LogP contribution in [-0.2, 0) is 26.0 Å². The molecule has 17 heteroatoms. The minimum Gasteiger partial charge on any atom is -0.481 e. The van der Waals surface area contributed by atoms with E-state index >= 15 is 0 Å². The van der Waals surface area contributed by atoms with Gasteiger partial charge in [-0.2, -0.15) is 26.3 Å². The van der Waals surface area contributed by atoms with E-state index in [1.165, 1.54) is 0 Å². The lowest BCUT2D eigenvalue weighted by Gasteiger charge is -2.18. The van der Waals surface area contributed by atoms with Crippen LogP contribution in [0.3, 0.4) is 0 Å². The molecule has 43 heavy (non-hydrogen) atoms. The number of methoxy groups -OCH3 is 1. The Balaban J connectivity index is 0.000000303. The summed E-state index contributed by atoms with van der Waals surface area (Å²) in [4.78, 5) is 28.8. The third-order valence-electron chi connectivity index (χ3n) is 6.39. The van der Waals surface area contributed by atoms with Crippen molar-refractivity contribution in [2.24, 2.45) is 0 Å². The molecule has 2 aromatic heterocycles. The molecule has 0 aliphatic carbocycles. The average molecular weight is 636 g/mol. The second-order valence-corrected chi connectivity index (χ2v) is 11.3. The Morgan fingerprint density at radius 2 is 1.51 bits per heavy atom. The van der Waals surface area contributed by atoms with Crippen LogP contribution in [0.5, 0.6) is 5.88 Å². The van der Waals surface area contributed by atoms with Crippen LogP contribution in [0.1, 0.15) is 17.0 Å². The van der Waals surface area contributed by atoms with Gasteiger partial charge in [0.15, 0.2) is 9.84 Å². The predicted molar refractivity (Wildman–Crippen MR) is 137 cm³/mol. The molecule has 2 atom stereocenters. The van der Waals surface area contributed by atoms with E-state index < -0.39 is 39.4 Å². The Kier molecular flexibility index (Phi) is 10.0. The van der Waals surface area contributed by atoms with Crippen molar-refractivity contribution >= 4 is 21.8 Å². The van der Waals surface area contributed by atoms with Gasteiger partial charge >= 0.3 is 24.3 Å². The number of carboxylic acids is 2. The molecule has 10 nitrogen and oxygen atoms in total. The molecule has 1 saturated heterocycles. The van der Waals surface area contributed by atoms with Gasteiger partial charge in [-0.05, 0) is 47.0 Å². The zero-order valence-electron chi connectivity index (χ0n) is 22.0. The Hall–Kier alpha value is -4.25. The number of aliphatic carboxylic acids is 2. The third-order valence-corrected chi connectivity index (χ3v) is 8.65. The summed E-state index contributed by atoms with van der Waals surface area (Å²) in [7, 11) is -1.72. The molecule has 2 aliphatic heterocycles. The van der Waals surface area contributed by atoms with Crippen molar-refractivity contribution < 1.29 is 59.3 Å². The number of halogens is 6. The molecule has 2 unspecified atom stereocenters. The van der Waals surface area contributed by atoms with E-state index in [0.717, 1.165) is 22.3 Å². The first-order valence-corrected chi connectivity index (χ1v) is 13.6. The van der Waals surface area contributed by atoms with Gasteiger partial charge in [-0.25, -0.2) is 23.0 Å². The molecule has 1 fully saturated rings. The number of carboxylic acid groups (broad SMARTS) is 2. The highest BCUT2D eigenvalue weighted by atomic mass is 32.2. The largest absolute Gasteiger partial charge is 0.490 e. The Morgan fingerprint density at radius 3 is 2.05 bits per heavy atom. The zero-order chi connectivity index (χ0) is 32.2. The zero-order valence-corrected chi connectivity index (χ0v) is 22.8. The second-order valence-electron chi connectivity index (χ2n) is 9.15. The van der Waals surface area contributed by atoms with Crippen molar-refractivity contribution in [1.29, 1.82) is 0 Å². The van der Waals surface area contributed by atoms with Gasteiger partial charge in [-0.3, -0.25) is 9.88 Å². The van der Waals surface area contributed by atoms with Crippen molar-refractivity contribution in [2.45, 2.75) is 35.0 Å². The summed E-state index contributed by atoms with van der Waals surface area (Å²) in [6.45, 7) is 1.85. The number of carbonyl (C=O) groups is 2. The normalized spacial score (nSPS) is 18.7. The van der Waals surface area contributed by atoms with Gasteiger partial charge in [-0.15, -0.1) is 0 Å². The highest BCUT2D eigenvalue weighted by Crippen LogP contribution is 2.46.